The van der Waals surface area contributed by atoms with Crippen LogP contribution in [0.1, 0.15) is 13.3 Å². The lowest BCUT2D eigenvalue weighted by Gasteiger charge is -2.33. The van der Waals surface area contributed by atoms with E-state index in [0.717, 1.165) is 16.8 Å². The molecule has 0 spiro atoms. The number of piperazine rings is 1. The van der Waals surface area contributed by atoms with Crippen molar-refractivity contribution in [2.75, 3.05) is 38.0 Å². The van der Waals surface area contributed by atoms with E-state index < -0.39 is 10.0 Å². The summed E-state index contributed by atoms with van der Waals surface area (Å²) in [4.78, 5) is 13.5. The minimum absolute atomic E-state index is 0.127. The Labute approximate surface area is 171 Å². The van der Waals surface area contributed by atoms with E-state index >= 15 is 0 Å². The van der Waals surface area contributed by atoms with Crippen LogP contribution in [0.15, 0.2) is 53.4 Å². The predicted molar refractivity (Wildman–Crippen MR) is 112 cm³/mol. The number of hydrogen-bond acceptors (Lipinski definition) is 5. The zero-order valence-corrected chi connectivity index (χ0v) is 17.2. The molecule has 3 rings (SSSR count). The van der Waals surface area contributed by atoms with Crippen LogP contribution in [0.5, 0.6) is 0 Å². The second-order valence-corrected chi connectivity index (χ2v) is 8.87. The van der Waals surface area contributed by atoms with Crippen LogP contribution >= 0.6 is 0 Å². The Morgan fingerprint density at radius 1 is 1.00 bits per heavy atom. The lowest BCUT2D eigenvalue weighted by Crippen LogP contribution is -2.48. The molecular formula is C21H24N4O3S. The molecule has 0 radical (unpaired) electrons. The van der Waals surface area contributed by atoms with E-state index in [9.17, 15) is 13.2 Å². The molecule has 7 nitrogen and oxygen atoms in total. The van der Waals surface area contributed by atoms with Gasteiger partial charge in [0.1, 0.15) is 0 Å². The number of carbonyl (C=O) groups is 1. The Morgan fingerprint density at radius 3 is 2.07 bits per heavy atom. The number of carbonyl (C=O) groups excluding carboxylic acids is 1. The second-order valence-electron chi connectivity index (χ2n) is 6.94. The molecule has 1 fully saturated rings. The first kappa shape index (κ1) is 21.0. The third-order valence-electron chi connectivity index (χ3n) is 4.90. The first-order valence-electron chi connectivity index (χ1n) is 9.48. The van der Waals surface area contributed by atoms with E-state index in [1.54, 1.807) is 24.3 Å². The van der Waals surface area contributed by atoms with Crippen molar-refractivity contribution in [1.29, 1.82) is 5.26 Å². The lowest BCUT2D eigenvalue weighted by atomic mass is 10.1. The highest BCUT2D eigenvalue weighted by Crippen LogP contribution is 2.25. The fraction of sp³-hybridized carbons (Fsp3) is 0.333. The quantitative estimate of drug-likeness (QED) is 0.787. The first-order valence-corrected chi connectivity index (χ1v) is 10.9. The number of nitrogens with zero attached hydrogens (tertiary/aromatic N) is 3. The van der Waals surface area contributed by atoms with Gasteiger partial charge in [0.15, 0.2) is 0 Å². The summed E-state index contributed by atoms with van der Waals surface area (Å²) in [6.45, 7) is 4.28. The summed E-state index contributed by atoms with van der Waals surface area (Å²) in [5.41, 5.74) is 2.56. The second kappa shape index (κ2) is 9.18. The summed E-state index contributed by atoms with van der Waals surface area (Å²) < 4.78 is 27.3. The highest BCUT2D eigenvalue weighted by atomic mass is 32.2. The Morgan fingerprint density at radius 2 is 1.55 bits per heavy atom. The maximum atomic E-state index is 12.9. The molecule has 2 aromatic rings. The van der Waals surface area contributed by atoms with Crippen LogP contribution < -0.4 is 5.32 Å². The van der Waals surface area contributed by atoms with Crippen LogP contribution in [0.2, 0.25) is 0 Å². The monoisotopic (exact) mass is 412 g/mol. The molecule has 0 aromatic heterocycles. The number of nitriles is 1. The fourth-order valence-electron chi connectivity index (χ4n) is 3.32. The van der Waals surface area contributed by atoms with E-state index in [4.69, 9.17) is 5.26 Å². The summed E-state index contributed by atoms with van der Waals surface area (Å²) in [5.74, 6) is -0.127. The molecule has 1 aliphatic rings. The van der Waals surface area contributed by atoms with Crippen LogP contribution in [0.3, 0.4) is 0 Å². The van der Waals surface area contributed by atoms with Crippen molar-refractivity contribution >= 4 is 21.6 Å². The standard InChI is InChI=1S/C21H24N4O3S/c1-17(26)23-20-7-3-18(4-8-20)19-5-9-21(10-6-19)29(27,28)25-15-13-24(14-16-25)12-2-11-22/h3-10H,2,12-16H2,1H3,(H,23,26). The average Bonchev–Trinajstić information content (AvgIpc) is 2.73. The van der Waals surface area contributed by atoms with Gasteiger partial charge in [0.25, 0.3) is 0 Å². The third-order valence-corrected chi connectivity index (χ3v) is 6.81. The predicted octanol–water partition coefficient (Wildman–Crippen LogP) is 2.53. The summed E-state index contributed by atoms with van der Waals surface area (Å²) in [6, 6.07) is 16.4. The fourth-order valence-corrected chi connectivity index (χ4v) is 4.74. The van der Waals surface area contributed by atoms with Gasteiger partial charge in [-0.15, -0.1) is 0 Å². The molecule has 0 aliphatic carbocycles. The Balaban J connectivity index is 1.68. The van der Waals surface area contributed by atoms with Crippen molar-refractivity contribution in [3.63, 3.8) is 0 Å². The highest BCUT2D eigenvalue weighted by Gasteiger charge is 2.28. The summed E-state index contributed by atoms with van der Waals surface area (Å²) >= 11 is 0. The Bertz CT molecular complexity index is 988. The van der Waals surface area contributed by atoms with Crippen molar-refractivity contribution in [2.24, 2.45) is 0 Å². The van der Waals surface area contributed by atoms with Gasteiger partial charge >= 0.3 is 0 Å². The molecule has 1 aliphatic heterocycles. The molecule has 0 unspecified atom stereocenters. The molecule has 1 heterocycles. The molecule has 1 amide bonds. The molecule has 8 heteroatoms. The first-order chi connectivity index (χ1) is 13.9. The van der Waals surface area contributed by atoms with E-state index in [1.165, 1.54) is 11.2 Å². The van der Waals surface area contributed by atoms with Gasteiger partial charge in [-0.25, -0.2) is 8.42 Å². The van der Waals surface area contributed by atoms with Crippen LogP contribution in [-0.2, 0) is 14.8 Å². The zero-order chi connectivity index (χ0) is 20.9. The summed E-state index contributed by atoms with van der Waals surface area (Å²) in [6.07, 6.45) is 0.458. The van der Waals surface area contributed by atoms with Crippen molar-refractivity contribution in [2.45, 2.75) is 18.2 Å². The molecule has 29 heavy (non-hydrogen) atoms. The maximum absolute atomic E-state index is 12.9. The minimum atomic E-state index is -3.53. The largest absolute Gasteiger partial charge is 0.326 e. The third kappa shape index (κ3) is 5.21. The van der Waals surface area contributed by atoms with E-state index in [2.05, 4.69) is 16.3 Å². The lowest BCUT2D eigenvalue weighted by molar-refractivity contribution is -0.114. The topological polar surface area (TPSA) is 93.5 Å². The van der Waals surface area contributed by atoms with Crippen molar-refractivity contribution < 1.29 is 13.2 Å². The van der Waals surface area contributed by atoms with Crippen molar-refractivity contribution in [1.82, 2.24) is 9.21 Å². The van der Waals surface area contributed by atoms with Crippen LogP contribution in [0.4, 0.5) is 5.69 Å². The number of hydrogen-bond donors (Lipinski definition) is 1. The van der Waals surface area contributed by atoms with E-state index in [1.807, 2.05) is 24.3 Å². The van der Waals surface area contributed by atoms with Crippen LogP contribution in [0, 0.1) is 11.3 Å². The van der Waals surface area contributed by atoms with Gasteiger partial charge in [0.05, 0.1) is 11.0 Å². The molecule has 0 bridgehead atoms. The smallest absolute Gasteiger partial charge is 0.243 e. The van der Waals surface area contributed by atoms with Gasteiger partial charge in [0, 0.05) is 51.8 Å². The molecule has 0 saturated carbocycles. The van der Waals surface area contributed by atoms with Gasteiger partial charge in [-0.3, -0.25) is 9.69 Å². The minimum Gasteiger partial charge on any atom is -0.326 e. The van der Waals surface area contributed by atoms with Gasteiger partial charge < -0.3 is 5.32 Å². The van der Waals surface area contributed by atoms with E-state index in [-0.39, 0.29) is 10.8 Å². The van der Waals surface area contributed by atoms with E-state index in [0.29, 0.717) is 39.1 Å². The van der Waals surface area contributed by atoms with Gasteiger partial charge in [0.2, 0.25) is 15.9 Å². The number of amides is 1. The van der Waals surface area contributed by atoms with Crippen LogP contribution in [-0.4, -0.2) is 56.3 Å². The Hall–Kier alpha value is -2.73. The number of benzene rings is 2. The molecule has 2 aromatic carbocycles. The number of rotatable bonds is 6. The highest BCUT2D eigenvalue weighted by molar-refractivity contribution is 7.89. The van der Waals surface area contributed by atoms with Gasteiger partial charge in [-0.2, -0.15) is 9.57 Å². The average molecular weight is 413 g/mol. The SMILES string of the molecule is CC(=O)Nc1ccc(-c2ccc(S(=O)(=O)N3CCN(CCC#N)CC3)cc2)cc1. The van der Waals surface area contributed by atoms with Gasteiger partial charge in [-0.1, -0.05) is 24.3 Å². The zero-order valence-electron chi connectivity index (χ0n) is 16.3. The van der Waals surface area contributed by atoms with Crippen LogP contribution in [0.25, 0.3) is 11.1 Å². The molecule has 0 atom stereocenters. The number of anilines is 1. The summed E-state index contributed by atoms with van der Waals surface area (Å²) in [7, 11) is -3.53. The molecule has 1 N–H and O–H groups in total. The molecular weight excluding hydrogens is 388 g/mol. The summed E-state index contributed by atoms with van der Waals surface area (Å²) in [5, 5.41) is 11.4. The normalized spacial score (nSPS) is 15.6. The molecule has 1 saturated heterocycles. The number of nitrogens with one attached hydrogen (secondary N) is 1. The van der Waals surface area contributed by atoms with Crippen molar-refractivity contribution in [3.05, 3.63) is 48.5 Å². The van der Waals surface area contributed by atoms with Crippen molar-refractivity contribution in [3.8, 4) is 17.2 Å². The number of sulfonamides is 1. The Kier molecular flexibility index (Phi) is 6.64. The molecule has 152 valence electrons. The van der Waals surface area contributed by atoms with Gasteiger partial charge in [-0.05, 0) is 35.4 Å². The maximum Gasteiger partial charge on any atom is 0.243 e.